The largest absolute Gasteiger partial charge is 0.391 e. The summed E-state index contributed by atoms with van der Waals surface area (Å²) >= 11 is 3.57. The first kappa shape index (κ1) is 16.8. The van der Waals surface area contributed by atoms with Gasteiger partial charge in [-0.15, -0.1) is 0 Å². The lowest BCUT2D eigenvalue weighted by Crippen LogP contribution is -2.43. The van der Waals surface area contributed by atoms with Crippen molar-refractivity contribution in [3.63, 3.8) is 0 Å². The minimum absolute atomic E-state index is 0.0975. The van der Waals surface area contributed by atoms with Gasteiger partial charge < -0.3 is 15.3 Å². The van der Waals surface area contributed by atoms with E-state index in [0.717, 1.165) is 30.5 Å². The van der Waals surface area contributed by atoms with Crippen molar-refractivity contribution in [1.82, 2.24) is 5.32 Å². The Hall–Kier alpha value is -0.580. The number of hydrogen-bond donors (Lipinski definition) is 2. The monoisotopic (exact) mass is 354 g/mol. The van der Waals surface area contributed by atoms with Crippen LogP contribution in [0.2, 0.25) is 0 Å². The summed E-state index contributed by atoms with van der Waals surface area (Å²) in [5.41, 5.74) is 2.61. The van der Waals surface area contributed by atoms with Crippen LogP contribution in [-0.2, 0) is 6.54 Å². The van der Waals surface area contributed by atoms with Crippen LogP contribution in [0.15, 0.2) is 22.7 Å². The predicted molar refractivity (Wildman–Crippen MR) is 92.7 cm³/mol. The van der Waals surface area contributed by atoms with E-state index >= 15 is 0 Å². The van der Waals surface area contributed by atoms with Gasteiger partial charge in [0.1, 0.15) is 0 Å². The number of aliphatic hydroxyl groups is 1. The lowest BCUT2D eigenvalue weighted by molar-refractivity contribution is 0.103. The lowest BCUT2D eigenvalue weighted by Gasteiger charge is -2.37. The highest BCUT2D eigenvalue weighted by Gasteiger charge is 2.25. The third kappa shape index (κ3) is 4.70. The van der Waals surface area contributed by atoms with Crippen molar-refractivity contribution < 1.29 is 5.11 Å². The van der Waals surface area contributed by atoms with Gasteiger partial charge >= 0.3 is 0 Å². The van der Waals surface area contributed by atoms with E-state index in [4.69, 9.17) is 0 Å². The normalized spacial score (nSPS) is 23.4. The Morgan fingerprint density at radius 3 is 2.71 bits per heavy atom. The standard InChI is InChI=1S/C17H27BrN2O/c1-12-7-8-20(11-16(12)21)15-9-14(18)6-5-13(15)10-19-17(2,3)4/h5-6,9,12,16,19,21H,7-8,10-11H2,1-4H3. The third-order valence-corrected chi connectivity index (χ3v) is 4.61. The molecule has 1 saturated heterocycles. The van der Waals surface area contributed by atoms with Gasteiger partial charge in [0.2, 0.25) is 0 Å². The average molecular weight is 355 g/mol. The molecule has 118 valence electrons. The van der Waals surface area contributed by atoms with Crippen LogP contribution in [0.3, 0.4) is 0 Å². The minimum Gasteiger partial charge on any atom is -0.391 e. The van der Waals surface area contributed by atoms with Crippen LogP contribution >= 0.6 is 15.9 Å². The zero-order chi connectivity index (χ0) is 15.6. The molecule has 0 bridgehead atoms. The van der Waals surface area contributed by atoms with Gasteiger partial charge in [-0.2, -0.15) is 0 Å². The highest BCUT2D eigenvalue weighted by atomic mass is 79.9. The van der Waals surface area contributed by atoms with E-state index < -0.39 is 0 Å². The van der Waals surface area contributed by atoms with Crippen molar-refractivity contribution in [3.8, 4) is 0 Å². The van der Waals surface area contributed by atoms with E-state index in [1.807, 2.05) is 0 Å². The van der Waals surface area contributed by atoms with Gasteiger partial charge in [0, 0.05) is 35.3 Å². The zero-order valence-corrected chi connectivity index (χ0v) is 15.1. The molecule has 2 unspecified atom stereocenters. The molecule has 1 heterocycles. The summed E-state index contributed by atoms with van der Waals surface area (Å²) < 4.78 is 1.09. The Bertz CT molecular complexity index is 484. The Balaban J connectivity index is 2.19. The number of hydrogen-bond acceptors (Lipinski definition) is 3. The van der Waals surface area contributed by atoms with Crippen LogP contribution in [0, 0.1) is 5.92 Å². The number of piperidine rings is 1. The highest BCUT2D eigenvalue weighted by Crippen LogP contribution is 2.29. The fourth-order valence-corrected chi connectivity index (χ4v) is 2.96. The van der Waals surface area contributed by atoms with Gasteiger partial charge in [-0.05, 0) is 50.8 Å². The smallest absolute Gasteiger partial charge is 0.0741 e. The molecule has 1 aliphatic heterocycles. The summed E-state index contributed by atoms with van der Waals surface area (Å²) in [4.78, 5) is 2.31. The maximum absolute atomic E-state index is 10.2. The Morgan fingerprint density at radius 1 is 1.38 bits per heavy atom. The summed E-state index contributed by atoms with van der Waals surface area (Å²) in [5.74, 6) is 0.393. The molecule has 0 amide bonds. The summed E-state index contributed by atoms with van der Waals surface area (Å²) in [6, 6.07) is 6.43. The van der Waals surface area contributed by atoms with Crippen molar-refractivity contribution in [2.75, 3.05) is 18.0 Å². The molecule has 0 radical (unpaired) electrons. The Labute approximate surface area is 136 Å². The molecule has 2 atom stereocenters. The van der Waals surface area contributed by atoms with Crippen LogP contribution in [0.4, 0.5) is 5.69 Å². The molecule has 1 fully saturated rings. The van der Waals surface area contributed by atoms with Crippen molar-refractivity contribution >= 4 is 21.6 Å². The minimum atomic E-state index is -0.235. The molecular weight excluding hydrogens is 328 g/mol. The highest BCUT2D eigenvalue weighted by molar-refractivity contribution is 9.10. The summed E-state index contributed by atoms with van der Waals surface area (Å²) in [7, 11) is 0. The fourth-order valence-electron chi connectivity index (χ4n) is 2.61. The number of anilines is 1. The number of rotatable bonds is 3. The van der Waals surface area contributed by atoms with Gasteiger partial charge in [-0.25, -0.2) is 0 Å². The first-order valence-corrected chi connectivity index (χ1v) is 8.52. The number of β-amino-alcohol motifs (C(OH)–C–C–N with tert-alkyl or cyclic N) is 1. The second-order valence-corrected chi connectivity index (χ2v) is 8.07. The van der Waals surface area contributed by atoms with Crippen molar-refractivity contribution in [2.24, 2.45) is 5.92 Å². The summed E-state index contributed by atoms with van der Waals surface area (Å²) in [6.45, 7) is 11.2. The molecule has 2 N–H and O–H groups in total. The van der Waals surface area contributed by atoms with E-state index in [9.17, 15) is 5.11 Å². The molecule has 0 spiro atoms. The van der Waals surface area contributed by atoms with Crippen LogP contribution in [0.1, 0.15) is 39.7 Å². The molecule has 4 heteroatoms. The predicted octanol–water partition coefficient (Wildman–Crippen LogP) is 3.54. The van der Waals surface area contributed by atoms with Gasteiger partial charge in [-0.3, -0.25) is 0 Å². The van der Waals surface area contributed by atoms with Gasteiger partial charge in [0.15, 0.2) is 0 Å². The second-order valence-electron chi connectivity index (χ2n) is 7.16. The third-order valence-electron chi connectivity index (χ3n) is 4.12. The quantitative estimate of drug-likeness (QED) is 0.871. The summed E-state index contributed by atoms with van der Waals surface area (Å²) in [5, 5.41) is 13.7. The van der Waals surface area contributed by atoms with Crippen molar-refractivity contribution in [2.45, 2.75) is 52.3 Å². The maximum Gasteiger partial charge on any atom is 0.0741 e. The van der Waals surface area contributed by atoms with Crippen LogP contribution < -0.4 is 10.2 Å². The average Bonchev–Trinajstić information content (AvgIpc) is 2.39. The fraction of sp³-hybridized carbons (Fsp3) is 0.647. The molecule has 0 saturated carbocycles. The Morgan fingerprint density at radius 2 is 2.10 bits per heavy atom. The van der Waals surface area contributed by atoms with Crippen LogP contribution in [-0.4, -0.2) is 29.8 Å². The molecule has 1 aromatic carbocycles. The van der Waals surface area contributed by atoms with Crippen molar-refractivity contribution in [1.29, 1.82) is 0 Å². The van der Waals surface area contributed by atoms with E-state index in [0.29, 0.717) is 5.92 Å². The second kappa shape index (κ2) is 6.67. The van der Waals surface area contributed by atoms with E-state index in [-0.39, 0.29) is 11.6 Å². The van der Waals surface area contributed by atoms with Gasteiger partial charge in [0.25, 0.3) is 0 Å². The molecule has 2 rings (SSSR count). The number of nitrogens with zero attached hydrogens (tertiary/aromatic N) is 1. The zero-order valence-electron chi connectivity index (χ0n) is 13.5. The van der Waals surface area contributed by atoms with E-state index in [1.165, 1.54) is 11.3 Å². The first-order chi connectivity index (χ1) is 9.76. The van der Waals surface area contributed by atoms with E-state index in [1.54, 1.807) is 0 Å². The molecule has 3 nitrogen and oxygen atoms in total. The van der Waals surface area contributed by atoms with E-state index in [2.05, 4.69) is 72.0 Å². The molecule has 1 aromatic rings. The number of aliphatic hydroxyl groups excluding tert-OH is 1. The maximum atomic E-state index is 10.2. The SMILES string of the molecule is CC1CCN(c2cc(Br)ccc2CNC(C)(C)C)CC1O. The molecule has 0 aromatic heterocycles. The van der Waals surface area contributed by atoms with Crippen LogP contribution in [0.5, 0.6) is 0 Å². The molecule has 0 aliphatic carbocycles. The topological polar surface area (TPSA) is 35.5 Å². The summed E-state index contributed by atoms with van der Waals surface area (Å²) in [6.07, 6.45) is 0.806. The van der Waals surface area contributed by atoms with Crippen LogP contribution in [0.25, 0.3) is 0 Å². The van der Waals surface area contributed by atoms with Gasteiger partial charge in [0.05, 0.1) is 6.10 Å². The van der Waals surface area contributed by atoms with Crippen molar-refractivity contribution in [3.05, 3.63) is 28.2 Å². The lowest BCUT2D eigenvalue weighted by atomic mass is 9.95. The molecule has 1 aliphatic rings. The number of nitrogens with one attached hydrogen (secondary N) is 1. The Kier molecular flexibility index (Phi) is 5.33. The molecule has 21 heavy (non-hydrogen) atoms. The van der Waals surface area contributed by atoms with Gasteiger partial charge in [-0.1, -0.05) is 28.9 Å². The first-order valence-electron chi connectivity index (χ1n) is 7.73. The molecular formula is C17H27BrN2O. The number of benzene rings is 1. The number of halogens is 1.